The second-order valence-electron chi connectivity index (χ2n) is 4.57. The van der Waals surface area contributed by atoms with Crippen molar-refractivity contribution in [1.29, 1.82) is 0 Å². The van der Waals surface area contributed by atoms with Crippen molar-refractivity contribution in [3.63, 3.8) is 0 Å². The van der Waals surface area contributed by atoms with E-state index in [1.165, 1.54) is 42.8 Å². The van der Waals surface area contributed by atoms with Crippen LogP contribution in [-0.4, -0.2) is 11.0 Å². The van der Waals surface area contributed by atoms with Crippen molar-refractivity contribution in [1.82, 2.24) is 10.3 Å². The summed E-state index contributed by atoms with van der Waals surface area (Å²) in [6.07, 6.45) is 6.52. The average Bonchev–Trinajstić information content (AvgIpc) is 2.46. The maximum Gasteiger partial charge on any atom is 0.107 e. The van der Waals surface area contributed by atoms with Crippen molar-refractivity contribution in [2.45, 2.75) is 58.5 Å². The van der Waals surface area contributed by atoms with E-state index >= 15 is 0 Å². The molecule has 0 unspecified atom stereocenters. The van der Waals surface area contributed by atoms with Crippen molar-refractivity contribution in [3.05, 3.63) is 15.6 Å². The van der Waals surface area contributed by atoms with Gasteiger partial charge in [0.15, 0.2) is 0 Å². The fourth-order valence-electron chi connectivity index (χ4n) is 1.95. The Bertz CT molecular complexity index is 294. The molecule has 0 amide bonds. The summed E-state index contributed by atoms with van der Waals surface area (Å²) < 4.78 is 0. The molecule has 2 nitrogen and oxygen atoms in total. The Kier molecular flexibility index (Phi) is 3.76. The molecule has 0 aliphatic heterocycles. The van der Waals surface area contributed by atoms with E-state index in [-0.39, 0.29) is 0 Å². The van der Waals surface area contributed by atoms with E-state index < -0.39 is 0 Å². The van der Waals surface area contributed by atoms with E-state index in [1.807, 2.05) is 11.3 Å². The lowest BCUT2D eigenvalue weighted by atomic mass is 10.2. The van der Waals surface area contributed by atoms with Gasteiger partial charge < -0.3 is 5.32 Å². The van der Waals surface area contributed by atoms with Crippen LogP contribution >= 0.6 is 11.3 Å². The largest absolute Gasteiger partial charge is 0.308 e. The van der Waals surface area contributed by atoms with Crippen molar-refractivity contribution in [2.75, 3.05) is 0 Å². The molecule has 0 bridgehead atoms. The highest BCUT2D eigenvalue weighted by molar-refractivity contribution is 7.11. The number of hydrogen-bond donors (Lipinski definition) is 1. The number of rotatable bonds is 3. The monoisotopic (exact) mass is 224 g/mol. The topological polar surface area (TPSA) is 24.9 Å². The molecular formula is C12H20N2S. The predicted molar refractivity (Wildman–Crippen MR) is 65.3 cm³/mol. The molecule has 1 aliphatic rings. The second kappa shape index (κ2) is 5.08. The molecule has 0 fully saturated rings. The minimum absolute atomic E-state index is 0.550. The van der Waals surface area contributed by atoms with Crippen LogP contribution < -0.4 is 5.32 Å². The zero-order valence-electron chi connectivity index (χ0n) is 9.68. The number of aryl methyl sites for hydroxylation is 2. The maximum absolute atomic E-state index is 4.74. The molecule has 0 radical (unpaired) electrons. The van der Waals surface area contributed by atoms with Crippen LogP contribution in [0.3, 0.4) is 0 Å². The maximum atomic E-state index is 4.74. The first-order valence-corrected chi connectivity index (χ1v) is 6.78. The summed E-state index contributed by atoms with van der Waals surface area (Å²) in [4.78, 5) is 6.29. The van der Waals surface area contributed by atoms with Gasteiger partial charge in [0.05, 0.1) is 5.69 Å². The minimum Gasteiger partial charge on any atom is -0.308 e. The summed E-state index contributed by atoms with van der Waals surface area (Å²) in [7, 11) is 0. The molecule has 1 heterocycles. The molecule has 1 N–H and O–H groups in total. The molecule has 1 aromatic rings. The highest BCUT2D eigenvalue weighted by Crippen LogP contribution is 2.25. The highest BCUT2D eigenvalue weighted by atomic mass is 32.1. The quantitative estimate of drug-likeness (QED) is 0.799. The van der Waals surface area contributed by atoms with E-state index in [2.05, 4.69) is 19.2 Å². The summed E-state index contributed by atoms with van der Waals surface area (Å²) >= 11 is 1.92. The summed E-state index contributed by atoms with van der Waals surface area (Å²) in [6.45, 7) is 5.30. The van der Waals surface area contributed by atoms with Gasteiger partial charge in [-0.2, -0.15) is 0 Å². The van der Waals surface area contributed by atoms with E-state index in [9.17, 15) is 0 Å². The fourth-order valence-corrected chi connectivity index (χ4v) is 3.06. The number of thiazole rings is 1. The van der Waals surface area contributed by atoms with Gasteiger partial charge in [0.2, 0.25) is 0 Å². The second-order valence-corrected chi connectivity index (χ2v) is 5.74. The summed E-state index contributed by atoms with van der Waals surface area (Å²) in [5.74, 6) is 0. The first kappa shape index (κ1) is 11.1. The zero-order valence-corrected chi connectivity index (χ0v) is 10.5. The van der Waals surface area contributed by atoms with Gasteiger partial charge >= 0.3 is 0 Å². The van der Waals surface area contributed by atoms with Gasteiger partial charge in [-0.1, -0.05) is 20.3 Å². The highest BCUT2D eigenvalue weighted by Gasteiger charge is 2.13. The van der Waals surface area contributed by atoms with Crippen molar-refractivity contribution in [3.8, 4) is 0 Å². The molecule has 84 valence electrons. The lowest BCUT2D eigenvalue weighted by Crippen LogP contribution is -2.21. The van der Waals surface area contributed by atoms with Gasteiger partial charge in [0, 0.05) is 17.5 Å². The van der Waals surface area contributed by atoms with Crippen LogP contribution in [0, 0.1) is 0 Å². The smallest absolute Gasteiger partial charge is 0.107 e. The van der Waals surface area contributed by atoms with Gasteiger partial charge in [0.25, 0.3) is 0 Å². The minimum atomic E-state index is 0.550. The Morgan fingerprint density at radius 2 is 2.07 bits per heavy atom. The number of aromatic nitrogens is 1. The van der Waals surface area contributed by atoms with Crippen LogP contribution in [0.2, 0.25) is 0 Å². The molecular weight excluding hydrogens is 204 g/mol. The van der Waals surface area contributed by atoms with Crippen LogP contribution in [0.15, 0.2) is 0 Å². The van der Waals surface area contributed by atoms with Crippen molar-refractivity contribution >= 4 is 11.3 Å². The molecule has 0 atom stereocenters. The molecule has 0 aromatic carbocycles. The Morgan fingerprint density at radius 3 is 2.87 bits per heavy atom. The zero-order chi connectivity index (χ0) is 10.7. The molecule has 0 saturated heterocycles. The number of nitrogens with zero attached hydrogens (tertiary/aromatic N) is 1. The van der Waals surface area contributed by atoms with Crippen LogP contribution in [0.25, 0.3) is 0 Å². The van der Waals surface area contributed by atoms with E-state index in [1.54, 1.807) is 4.88 Å². The lowest BCUT2D eigenvalue weighted by molar-refractivity contribution is 0.586. The number of nitrogens with one attached hydrogen (secondary N) is 1. The molecule has 2 rings (SSSR count). The van der Waals surface area contributed by atoms with Gasteiger partial charge in [-0.3, -0.25) is 0 Å². The molecule has 0 spiro atoms. The Balaban J connectivity index is 2.02. The first-order valence-electron chi connectivity index (χ1n) is 5.96. The third-order valence-electron chi connectivity index (χ3n) is 2.80. The van der Waals surface area contributed by atoms with Crippen LogP contribution in [0.5, 0.6) is 0 Å². The lowest BCUT2D eigenvalue weighted by Gasteiger charge is -2.04. The molecule has 1 aromatic heterocycles. The third-order valence-corrected chi connectivity index (χ3v) is 3.96. The summed E-state index contributed by atoms with van der Waals surface area (Å²) in [5, 5.41) is 4.71. The fraction of sp³-hybridized carbons (Fsp3) is 0.750. The van der Waals surface area contributed by atoms with E-state index in [0.717, 1.165) is 6.54 Å². The summed E-state index contributed by atoms with van der Waals surface area (Å²) in [5.41, 5.74) is 1.39. The molecule has 3 heteroatoms. The van der Waals surface area contributed by atoms with Gasteiger partial charge in [-0.05, 0) is 25.7 Å². The molecule has 15 heavy (non-hydrogen) atoms. The van der Waals surface area contributed by atoms with Crippen molar-refractivity contribution < 1.29 is 0 Å². The van der Waals surface area contributed by atoms with Gasteiger partial charge in [-0.15, -0.1) is 11.3 Å². The van der Waals surface area contributed by atoms with Crippen LogP contribution in [-0.2, 0) is 19.4 Å². The van der Waals surface area contributed by atoms with Crippen LogP contribution in [0.4, 0.5) is 0 Å². The standard InChI is InChI=1S/C12H20N2S/c1-9(2)13-8-12-14-10-6-4-3-5-7-11(10)15-12/h9,13H,3-8H2,1-2H3. The normalized spacial score (nSPS) is 16.5. The van der Waals surface area contributed by atoms with Gasteiger partial charge in [0.1, 0.15) is 5.01 Å². The number of hydrogen-bond acceptors (Lipinski definition) is 3. The van der Waals surface area contributed by atoms with E-state index in [0.29, 0.717) is 6.04 Å². The Labute approximate surface area is 96.1 Å². The molecule has 1 aliphatic carbocycles. The Hall–Kier alpha value is -0.410. The first-order chi connectivity index (χ1) is 7.25. The average molecular weight is 224 g/mol. The van der Waals surface area contributed by atoms with Crippen molar-refractivity contribution in [2.24, 2.45) is 0 Å². The summed E-state index contributed by atoms with van der Waals surface area (Å²) in [6, 6.07) is 0.550. The third kappa shape index (κ3) is 3.02. The number of fused-ring (bicyclic) bond motifs is 1. The Morgan fingerprint density at radius 1 is 1.27 bits per heavy atom. The molecule has 0 saturated carbocycles. The SMILES string of the molecule is CC(C)NCc1nc2c(s1)CCCCC2. The predicted octanol–water partition coefficient (Wildman–Crippen LogP) is 2.91. The van der Waals surface area contributed by atoms with Gasteiger partial charge in [-0.25, -0.2) is 4.98 Å². The van der Waals surface area contributed by atoms with Crippen LogP contribution in [0.1, 0.15) is 48.7 Å². The van der Waals surface area contributed by atoms with E-state index in [4.69, 9.17) is 4.98 Å².